The molecule has 0 unspecified atom stereocenters. The smallest absolute Gasteiger partial charge is 0.273 e. The van der Waals surface area contributed by atoms with Gasteiger partial charge >= 0.3 is 0 Å². The van der Waals surface area contributed by atoms with Gasteiger partial charge in [0.2, 0.25) is 0 Å². The van der Waals surface area contributed by atoms with Crippen LogP contribution in [-0.4, -0.2) is 54.1 Å². The van der Waals surface area contributed by atoms with Crippen molar-refractivity contribution in [2.45, 2.75) is 19.4 Å². The van der Waals surface area contributed by atoms with Crippen LogP contribution in [0.15, 0.2) is 54.6 Å². The molecule has 1 aliphatic rings. The Morgan fingerprint density at radius 1 is 0.929 bits per heavy atom. The number of nitrogens with zero attached hydrogens (tertiary/aromatic N) is 3. The molecular formula is C21H28ClN3O3. The summed E-state index contributed by atoms with van der Waals surface area (Å²) < 4.78 is 5.64. The highest BCUT2D eigenvalue weighted by atomic mass is 35.5. The van der Waals surface area contributed by atoms with Crippen LogP contribution in [0.25, 0.3) is 0 Å². The Hall–Kier alpha value is -2.15. The van der Waals surface area contributed by atoms with Crippen LogP contribution in [0.2, 0.25) is 0 Å². The minimum Gasteiger partial charge on any atom is -0.493 e. The van der Waals surface area contributed by atoms with Gasteiger partial charge in [0.15, 0.2) is 0 Å². The Morgan fingerprint density at radius 3 is 2.36 bits per heavy atom. The summed E-state index contributed by atoms with van der Waals surface area (Å²) in [6.07, 6.45) is 2.03. The first kappa shape index (κ1) is 22.1. The fraction of sp³-hybridized carbons (Fsp3) is 0.429. The molecule has 28 heavy (non-hydrogen) atoms. The third-order valence-corrected chi connectivity index (χ3v) is 4.88. The van der Waals surface area contributed by atoms with Crippen molar-refractivity contribution in [3.05, 3.63) is 70.3 Å². The molecule has 1 fully saturated rings. The Kier molecular flexibility index (Phi) is 9.20. The maximum Gasteiger partial charge on any atom is 0.273 e. The zero-order valence-electron chi connectivity index (χ0n) is 16.0. The van der Waals surface area contributed by atoms with E-state index in [-0.39, 0.29) is 18.1 Å². The van der Waals surface area contributed by atoms with Crippen molar-refractivity contribution in [1.29, 1.82) is 0 Å². The first-order valence-electron chi connectivity index (χ1n) is 9.56. The van der Waals surface area contributed by atoms with E-state index in [1.54, 1.807) is 12.1 Å². The molecule has 0 spiro atoms. The second-order valence-electron chi connectivity index (χ2n) is 6.91. The molecule has 0 radical (unpaired) electrons. The maximum atomic E-state index is 10.8. The highest BCUT2D eigenvalue weighted by Gasteiger charge is 2.16. The fourth-order valence-corrected chi connectivity index (χ4v) is 3.33. The standard InChI is InChI=1S/C21H27N3O3.ClH/c25-24(26)20-9-6-10-21(17-20)27-16-5-4-11-22-12-14-23(15-13-22)18-19-7-2-1-3-8-19;/h1-3,6-10,17H,4-5,11-16,18H2;1H. The molecule has 1 aliphatic heterocycles. The minimum atomic E-state index is -0.399. The number of piperazine rings is 1. The molecule has 2 aromatic rings. The summed E-state index contributed by atoms with van der Waals surface area (Å²) in [6.45, 7) is 7.15. The maximum absolute atomic E-state index is 10.8. The number of rotatable bonds is 9. The number of unbranched alkanes of at least 4 members (excludes halogenated alkanes) is 1. The van der Waals surface area contributed by atoms with Crippen LogP contribution < -0.4 is 4.74 Å². The highest BCUT2D eigenvalue weighted by Crippen LogP contribution is 2.19. The summed E-state index contributed by atoms with van der Waals surface area (Å²) in [6, 6.07) is 17.0. The van der Waals surface area contributed by atoms with Crippen LogP contribution in [-0.2, 0) is 6.54 Å². The molecule has 152 valence electrons. The van der Waals surface area contributed by atoms with Crippen molar-refractivity contribution in [1.82, 2.24) is 9.80 Å². The molecule has 6 nitrogen and oxygen atoms in total. The number of ether oxygens (including phenoxy) is 1. The monoisotopic (exact) mass is 405 g/mol. The van der Waals surface area contributed by atoms with Gasteiger partial charge in [-0.1, -0.05) is 36.4 Å². The molecule has 7 heteroatoms. The molecule has 2 aromatic carbocycles. The van der Waals surface area contributed by atoms with Crippen molar-refractivity contribution in [3.8, 4) is 5.75 Å². The van der Waals surface area contributed by atoms with Crippen LogP contribution in [0.5, 0.6) is 5.75 Å². The second-order valence-corrected chi connectivity index (χ2v) is 6.91. The number of halogens is 1. The van der Waals surface area contributed by atoms with Crippen LogP contribution in [0.3, 0.4) is 0 Å². The average Bonchev–Trinajstić information content (AvgIpc) is 2.70. The van der Waals surface area contributed by atoms with E-state index >= 15 is 0 Å². The van der Waals surface area contributed by atoms with E-state index < -0.39 is 4.92 Å². The lowest BCUT2D eigenvalue weighted by Gasteiger charge is -2.34. The first-order chi connectivity index (χ1) is 13.2. The topological polar surface area (TPSA) is 58.9 Å². The summed E-state index contributed by atoms with van der Waals surface area (Å²) in [5.74, 6) is 0.568. The van der Waals surface area contributed by atoms with Crippen molar-refractivity contribution >= 4 is 18.1 Å². The zero-order chi connectivity index (χ0) is 18.9. The predicted molar refractivity (Wildman–Crippen MR) is 113 cm³/mol. The van der Waals surface area contributed by atoms with E-state index in [1.165, 1.54) is 17.7 Å². The van der Waals surface area contributed by atoms with Gasteiger partial charge in [0.25, 0.3) is 5.69 Å². The summed E-state index contributed by atoms with van der Waals surface area (Å²) in [5, 5.41) is 10.8. The third kappa shape index (κ3) is 7.11. The van der Waals surface area contributed by atoms with Crippen LogP contribution in [0.1, 0.15) is 18.4 Å². The highest BCUT2D eigenvalue weighted by molar-refractivity contribution is 5.85. The zero-order valence-corrected chi connectivity index (χ0v) is 16.9. The van der Waals surface area contributed by atoms with Gasteiger partial charge in [-0.3, -0.25) is 15.0 Å². The van der Waals surface area contributed by atoms with Gasteiger partial charge in [-0.15, -0.1) is 12.4 Å². The van der Waals surface area contributed by atoms with Crippen molar-refractivity contribution in [2.24, 2.45) is 0 Å². The molecule has 0 saturated carbocycles. The molecule has 0 aromatic heterocycles. The Bertz CT molecular complexity index is 722. The number of nitro groups is 1. The lowest BCUT2D eigenvalue weighted by Crippen LogP contribution is -2.46. The van der Waals surface area contributed by atoms with Crippen molar-refractivity contribution in [2.75, 3.05) is 39.3 Å². The van der Waals surface area contributed by atoms with Gasteiger partial charge in [0.05, 0.1) is 17.6 Å². The largest absolute Gasteiger partial charge is 0.493 e. The lowest BCUT2D eigenvalue weighted by molar-refractivity contribution is -0.384. The quantitative estimate of drug-likeness (QED) is 0.358. The van der Waals surface area contributed by atoms with E-state index in [0.717, 1.165) is 52.1 Å². The SMILES string of the molecule is Cl.O=[N+]([O-])c1cccc(OCCCCN2CCN(Cc3ccccc3)CC2)c1. The lowest BCUT2D eigenvalue weighted by atomic mass is 10.2. The Morgan fingerprint density at radius 2 is 1.64 bits per heavy atom. The number of nitro benzene ring substituents is 1. The molecule has 0 bridgehead atoms. The molecule has 0 atom stereocenters. The Balaban J connectivity index is 0.00000280. The van der Waals surface area contributed by atoms with Gasteiger partial charge in [0, 0.05) is 38.8 Å². The van der Waals surface area contributed by atoms with E-state index in [2.05, 4.69) is 40.1 Å². The molecule has 0 N–H and O–H groups in total. The van der Waals surface area contributed by atoms with E-state index in [1.807, 2.05) is 0 Å². The van der Waals surface area contributed by atoms with Gasteiger partial charge in [-0.25, -0.2) is 0 Å². The number of non-ortho nitro benzene ring substituents is 1. The third-order valence-electron chi connectivity index (χ3n) is 4.88. The summed E-state index contributed by atoms with van der Waals surface area (Å²) in [4.78, 5) is 15.4. The second kappa shape index (κ2) is 11.6. The first-order valence-corrected chi connectivity index (χ1v) is 9.56. The molecule has 1 heterocycles. The predicted octanol–water partition coefficient (Wildman–Crippen LogP) is 3.99. The van der Waals surface area contributed by atoms with Gasteiger partial charge in [-0.05, 0) is 31.0 Å². The summed E-state index contributed by atoms with van der Waals surface area (Å²) in [7, 11) is 0. The molecule has 1 saturated heterocycles. The number of benzene rings is 2. The van der Waals surface area contributed by atoms with Crippen LogP contribution in [0, 0.1) is 10.1 Å². The van der Waals surface area contributed by atoms with Crippen LogP contribution in [0.4, 0.5) is 5.69 Å². The number of hydrogen-bond acceptors (Lipinski definition) is 5. The molecule has 3 rings (SSSR count). The minimum absolute atomic E-state index is 0. The van der Waals surface area contributed by atoms with Crippen LogP contribution >= 0.6 is 12.4 Å². The normalized spacial score (nSPS) is 15.0. The van der Waals surface area contributed by atoms with Crippen molar-refractivity contribution < 1.29 is 9.66 Å². The van der Waals surface area contributed by atoms with Crippen molar-refractivity contribution in [3.63, 3.8) is 0 Å². The van der Waals surface area contributed by atoms with E-state index in [0.29, 0.717) is 12.4 Å². The van der Waals surface area contributed by atoms with E-state index in [4.69, 9.17) is 4.74 Å². The molecule has 0 amide bonds. The van der Waals surface area contributed by atoms with E-state index in [9.17, 15) is 10.1 Å². The molecule has 0 aliphatic carbocycles. The summed E-state index contributed by atoms with van der Waals surface area (Å²) in [5.41, 5.74) is 1.45. The number of hydrogen-bond donors (Lipinski definition) is 0. The van der Waals surface area contributed by atoms with Gasteiger partial charge < -0.3 is 9.64 Å². The fourth-order valence-electron chi connectivity index (χ4n) is 3.33. The van der Waals surface area contributed by atoms with Gasteiger partial charge in [0.1, 0.15) is 5.75 Å². The van der Waals surface area contributed by atoms with Gasteiger partial charge in [-0.2, -0.15) is 0 Å². The Labute approximate surface area is 172 Å². The average molecular weight is 406 g/mol. The molecular weight excluding hydrogens is 378 g/mol. The summed E-state index contributed by atoms with van der Waals surface area (Å²) >= 11 is 0.